The molecule has 0 aliphatic heterocycles. The van der Waals surface area contributed by atoms with Crippen LogP contribution < -0.4 is 5.32 Å². The van der Waals surface area contributed by atoms with E-state index >= 15 is 0 Å². The molecule has 0 radical (unpaired) electrons. The summed E-state index contributed by atoms with van der Waals surface area (Å²) >= 11 is 5.81. The molecule has 96 valence electrons. The molecular weight excluding hydrogens is 236 g/mol. The van der Waals surface area contributed by atoms with Gasteiger partial charge in [0.2, 0.25) is 0 Å². The third-order valence-electron chi connectivity index (χ3n) is 2.41. The molecule has 0 aliphatic carbocycles. The molecule has 0 saturated carbocycles. The van der Waals surface area contributed by atoms with Gasteiger partial charge in [-0.2, -0.15) is 0 Å². The Kier molecular flexibility index (Phi) is 5.40. The van der Waals surface area contributed by atoms with Crippen LogP contribution in [0, 0.1) is 0 Å². The van der Waals surface area contributed by atoms with Crippen molar-refractivity contribution in [2.24, 2.45) is 0 Å². The predicted molar refractivity (Wildman–Crippen MR) is 72.3 cm³/mol. The topological polar surface area (TPSA) is 35.5 Å². The van der Waals surface area contributed by atoms with Gasteiger partial charge in [-0.15, -0.1) is 0 Å². The van der Waals surface area contributed by atoms with Gasteiger partial charge in [0.15, 0.2) is 0 Å². The van der Waals surface area contributed by atoms with Gasteiger partial charge in [0.25, 0.3) is 0 Å². The van der Waals surface area contributed by atoms with Crippen molar-refractivity contribution in [2.75, 3.05) is 27.2 Å². The summed E-state index contributed by atoms with van der Waals surface area (Å²) in [5.41, 5.74) is 0.450. The molecule has 3 nitrogen and oxygen atoms in total. The Labute approximate surface area is 108 Å². The number of hydrogen-bond donors (Lipinski definition) is 2. The van der Waals surface area contributed by atoms with Crippen LogP contribution in [0.15, 0.2) is 24.3 Å². The molecule has 1 rings (SSSR count). The van der Waals surface area contributed by atoms with Gasteiger partial charge in [0, 0.05) is 24.7 Å². The third kappa shape index (κ3) is 6.03. The van der Waals surface area contributed by atoms with Gasteiger partial charge in [-0.25, -0.2) is 0 Å². The summed E-state index contributed by atoms with van der Waals surface area (Å²) in [6.07, 6.45) is 0. The lowest BCUT2D eigenvalue weighted by atomic mass is 10.1. The normalized spacial score (nSPS) is 14.9. The van der Waals surface area contributed by atoms with Crippen molar-refractivity contribution in [1.29, 1.82) is 0 Å². The van der Waals surface area contributed by atoms with E-state index < -0.39 is 5.60 Å². The zero-order chi connectivity index (χ0) is 12.9. The van der Waals surface area contributed by atoms with Crippen LogP contribution in [0.5, 0.6) is 0 Å². The summed E-state index contributed by atoms with van der Waals surface area (Å²) in [7, 11) is 3.90. The second-order valence-electron chi connectivity index (χ2n) is 4.96. The molecule has 17 heavy (non-hydrogen) atoms. The molecule has 0 bridgehead atoms. The van der Waals surface area contributed by atoms with E-state index in [1.165, 1.54) is 0 Å². The molecule has 1 aromatic rings. The molecule has 1 aromatic carbocycles. The van der Waals surface area contributed by atoms with Crippen LogP contribution in [-0.4, -0.2) is 42.8 Å². The quantitative estimate of drug-likeness (QED) is 0.814. The highest BCUT2D eigenvalue weighted by Crippen LogP contribution is 2.09. The molecule has 0 aromatic heterocycles. The first-order valence-electron chi connectivity index (χ1n) is 5.71. The average Bonchev–Trinajstić information content (AvgIpc) is 2.18. The molecule has 0 spiro atoms. The molecule has 0 heterocycles. The van der Waals surface area contributed by atoms with Crippen molar-refractivity contribution in [3.05, 3.63) is 34.9 Å². The van der Waals surface area contributed by atoms with E-state index in [4.69, 9.17) is 11.6 Å². The predicted octanol–water partition coefficient (Wildman–Crippen LogP) is 1.74. The van der Waals surface area contributed by atoms with Crippen molar-refractivity contribution in [3.8, 4) is 0 Å². The Bertz CT molecular complexity index is 336. The fourth-order valence-corrected chi connectivity index (χ4v) is 1.94. The van der Waals surface area contributed by atoms with E-state index in [-0.39, 0.29) is 0 Å². The number of likely N-dealkylation sites (N-methyl/N-ethyl adjacent to an activating group) is 1. The SMILES string of the molecule is CN(C)CC(C)(O)CNCc1ccc(Cl)cc1. The molecule has 1 unspecified atom stereocenters. The van der Waals surface area contributed by atoms with Gasteiger partial charge in [-0.05, 0) is 38.7 Å². The lowest BCUT2D eigenvalue weighted by Gasteiger charge is -2.27. The molecule has 0 amide bonds. The first-order valence-corrected chi connectivity index (χ1v) is 6.09. The second kappa shape index (κ2) is 6.36. The maximum Gasteiger partial charge on any atom is 0.0869 e. The maximum absolute atomic E-state index is 10.1. The highest BCUT2D eigenvalue weighted by atomic mass is 35.5. The summed E-state index contributed by atoms with van der Waals surface area (Å²) in [4.78, 5) is 1.98. The number of nitrogens with zero attached hydrogens (tertiary/aromatic N) is 1. The molecular formula is C13H21ClN2O. The molecule has 4 heteroatoms. The van der Waals surface area contributed by atoms with Gasteiger partial charge in [-0.3, -0.25) is 0 Å². The summed E-state index contributed by atoms with van der Waals surface area (Å²) in [6.45, 7) is 3.77. The number of aliphatic hydroxyl groups is 1. The van der Waals surface area contributed by atoms with Crippen molar-refractivity contribution in [3.63, 3.8) is 0 Å². The van der Waals surface area contributed by atoms with E-state index in [2.05, 4.69) is 5.32 Å². The van der Waals surface area contributed by atoms with E-state index in [9.17, 15) is 5.11 Å². The maximum atomic E-state index is 10.1. The fourth-order valence-electron chi connectivity index (χ4n) is 1.82. The summed E-state index contributed by atoms with van der Waals surface area (Å²) in [5.74, 6) is 0. The Hall–Kier alpha value is -0.610. The minimum atomic E-state index is -0.712. The van der Waals surface area contributed by atoms with E-state index in [0.717, 1.165) is 17.1 Å². The fraction of sp³-hybridized carbons (Fsp3) is 0.538. The number of hydrogen-bond acceptors (Lipinski definition) is 3. The van der Waals surface area contributed by atoms with Crippen molar-refractivity contribution in [1.82, 2.24) is 10.2 Å². The van der Waals surface area contributed by atoms with E-state index in [0.29, 0.717) is 13.1 Å². The Morgan fingerprint density at radius 1 is 1.29 bits per heavy atom. The lowest BCUT2D eigenvalue weighted by Crippen LogP contribution is -2.45. The monoisotopic (exact) mass is 256 g/mol. The van der Waals surface area contributed by atoms with Crippen LogP contribution in [0.4, 0.5) is 0 Å². The minimum absolute atomic E-state index is 0.563. The molecule has 0 fully saturated rings. The van der Waals surface area contributed by atoms with Crippen molar-refractivity contribution >= 4 is 11.6 Å². The number of halogens is 1. The van der Waals surface area contributed by atoms with Gasteiger partial charge < -0.3 is 15.3 Å². The van der Waals surface area contributed by atoms with Crippen LogP contribution in [0.25, 0.3) is 0 Å². The Morgan fingerprint density at radius 2 is 1.88 bits per heavy atom. The number of nitrogens with one attached hydrogen (secondary N) is 1. The molecule has 0 saturated heterocycles. The van der Waals surface area contributed by atoms with Crippen molar-refractivity contribution in [2.45, 2.75) is 19.1 Å². The number of rotatable bonds is 6. The van der Waals surface area contributed by atoms with Crippen molar-refractivity contribution < 1.29 is 5.11 Å². The van der Waals surface area contributed by atoms with Crippen LogP contribution in [0.2, 0.25) is 5.02 Å². The average molecular weight is 257 g/mol. The first kappa shape index (κ1) is 14.5. The third-order valence-corrected chi connectivity index (χ3v) is 2.66. The highest BCUT2D eigenvalue weighted by molar-refractivity contribution is 6.30. The largest absolute Gasteiger partial charge is 0.388 e. The number of benzene rings is 1. The Balaban J connectivity index is 2.34. The summed E-state index contributed by atoms with van der Waals surface area (Å²) in [5, 5.41) is 14.1. The van der Waals surface area contributed by atoms with E-state index in [1.807, 2.05) is 50.2 Å². The van der Waals surface area contributed by atoms with Gasteiger partial charge in [0.05, 0.1) is 5.60 Å². The second-order valence-corrected chi connectivity index (χ2v) is 5.40. The van der Waals surface area contributed by atoms with Gasteiger partial charge in [-0.1, -0.05) is 23.7 Å². The molecule has 2 N–H and O–H groups in total. The first-order chi connectivity index (χ1) is 7.89. The Morgan fingerprint density at radius 3 is 2.41 bits per heavy atom. The van der Waals surface area contributed by atoms with Crippen LogP contribution in [-0.2, 0) is 6.54 Å². The summed E-state index contributed by atoms with van der Waals surface area (Å²) in [6, 6.07) is 7.71. The smallest absolute Gasteiger partial charge is 0.0869 e. The molecule has 1 atom stereocenters. The van der Waals surface area contributed by atoms with E-state index in [1.54, 1.807) is 0 Å². The highest BCUT2D eigenvalue weighted by Gasteiger charge is 2.20. The summed E-state index contributed by atoms with van der Waals surface area (Å²) < 4.78 is 0. The standard InChI is InChI=1S/C13H21ClN2O/c1-13(17,10-16(2)3)9-15-8-11-4-6-12(14)7-5-11/h4-7,15,17H,8-10H2,1-3H3. The lowest BCUT2D eigenvalue weighted by molar-refractivity contribution is 0.0336. The van der Waals surface area contributed by atoms with Gasteiger partial charge in [0.1, 0.15) is 0 Å². The van der Waals surface area contributed by atoms with Gasteiger partial charge >= 0.3 is 0 Å². The van der Waals surface area contributed by atoms with Crippen LogP contribution in [0.3, 0.4) is 0 Å². The van der Waals surface area contributed by atoms with Crippen LogP contribution in [0.1, 0.15) is 12.5 Å². The van der Waals surface area contributed by atoms with Crippen LogP contribution >= 0.6 is 11.6 Å². The molecule has 0 aliphatic rings. The zero-order valence-corrected chi connectivity index (χ0v) is 11.5. The zero-order valence-electron chi connectivity index (χ0n) is 10.7. The minimum Gasteiger partial charge on any atom is -0.388 e.